The summed E-state index contributed by atoms with van der Waals surface area (Å²) in [5.74, 6) is -0.578. The van der Waals surface area contributed by atoms with E-state index in [9.17, 15) is 14.4 Å². The molecule has 0 aliphatic heterocycles. The van der Waals surface area contributed by atoms with E-state index in [-0.39, 0.29) is 17.4 Å². The van der Waals surface area contributed by atoms with Gasteiger partial charge in [0.2, 0.25) is 0 Å². The predicted molar refractivity (Wildman–Crippen MR) is 91.4 cm³/mol. The third-order valence-corrected chi connectivity index (χ3v) is 4.39. The zero-order valence-electron chi connectivity index (χ0n) is 13.8. The van der Waals surface area contributed by atoms with E-state index in [0.29, 0.717) is 36.1 Å². The summed E-state index contributed by atoms with van der Waals surface area (Å²) in [5.41, 5.74) is 1.84. The number of aromatic nitrogens is 1. The number of hydrogen-bond acceptors (Lipinski definition) is 4. The monoisotopic (exact) mass is 335 g/mol. The Labute approximate surface area is 144 Å². The molecule has 2 N–H and O–H groups in total. The molecule has 1 aliphatic carbocycles. The molecule has 0 saturated carbocycles. The predicted octanol–water partition coefficient (Wildman–Crippen LogP) is 2.26. The van der Waals surface area contributed by atoms with Crippen molar-refractivity contribution in [1.82, 2.24) is 10.3 Å². The Morgan fingerprint density at radius 3 is 2.64 bits per heavy atom. The lowest BCUT2D eigenvalue weighted by atomic mass is 9.93. The van der Waals surface area contributed by atoms with Crippen LogP contribution in [0.5, 0.6) is 0 Å². The Bertz CT molecular complexity index is 936. The quantitative estimate of drug-likeness (QED) is 0.898. The number of nitriles is 1. The highest BCUT2D eigenvalue weighted by atomic mass is 16.2. The third kappa shape index (κ3) is 3.36. The maximum atomic E-state index is 12.5. The number of nitrogens with zero attached hydrogens (tertiary/aromatic N) is 1. The van der Waals surface area contributed by atoms with Crippen LogP contribution in [0.3, 0.4) is 0 Å². The summed E-state index contributed by atoms with van der Waals surface area (Å²) in [6, 6.07) is 9.94. The van der Waals surface area contributed by atoms with Crippen LogP contribution in [0.15, 0.2) is 35.1 Å². The Hall–Kier alpha value is -3.20. The van der Waals surface area contributed by atoms with Crippen LogP contribution in [0, 0.1) is 11.3 Å². The normalized spacial score (nSPS) is 14.3. The van der Waals surface area contributed by atoms with Crippen molar-refractivity contribution in [3.63, 3.8) is 0 Å². The van der Waals surface area contributed by atoms with Gasteiger partial charge in [0.1, 0.15) is 5.56 Å². The van der Waals surface area contributed by atoms with Crippen LogP contribution in [-0.4, -0.2) is 16.7 Å². The minimum Gasteiger partial charge on any atom is -0.345 e. The molecule has 1 aliphatic rings. The van der Waals surface area contributed by atoms with E-state index in [1.54, 1.807) is 31.2 Å². The Balaban J connectivity index is 1.83. The van der Waals surface area contributed by atoms with Gasteiger partial charge in [0, 0.05) is 17.7 Å². The summed E-state index contributed by atoms with van der Waals surface area (Å²) in [5, 5.41) is 11.6. The molecule has 0 unspecified atom stereocenters. The first kappa shape index (κ1) is 16.7. The van der Waals surface area contributed by atoms with Crippen molar-refractivity contribution >= 4 is 11.7 Å². The van der Waals surface area contributed by atoms with E-state index < -0.39 is 11.5 Å². The van der Waals surface area contributed by atoms with Crippen molar-refractivity contribution in [2.75, 3.05) is 0 Å². The SMILES string of the molecule is C[C@@H](NC(=O)c1cc2c([nH]c1=O)CCCC2=O)c1ccc(C#N)cc1. The van der Waals surface area contributed by atoms with E-state index in [4.69, 9.17) is 5.26 Å². The van der Waals surface area contributed by atoms with Crippen molar-refractivity contribution in [3.8, 4) is 6.07 Å². The van der Waals surface area contributed by atoms with Crippen LogP contribution in [0.2, 0.25) is 0 Å². The third-order valence-electron chi connectivity index (χ3n) is 4.39. The number of aromatic amines is 1. The van der Waals surface area contributed by atoms with Crippen LogP contribution in [-0.2, 0) is 6.42 Å². The van der Waals surface area contributed by atoms with Gasteiger partial charge in [-0.3, -0.25) is 14.4 Å². The molecule has 1 aromatic heterocycles. The maximum absolute atomic E-state index is 12.5. The van der Waals surface area contributed by atoms with Crippen LogP contribution in [0.4, 0.5) is 0 Å². The first-order valence-electron chi connectivity index (χ1n) is 8.10. The number of Topliss-reactive ketones (excluding diaryl/α,β-unsaturated/α-hetero) is 1. The molecule has 0 fully saturated rings. The Kier molecular flexibility index (Phi) is 4.48. The van der Waals surface area contributed by atoms with Crippen molar-refractivity contribution < 1.29 is 9.59 Å². The molecule has 6 nitrogen and oxygen atoms in total. The molecule has 1 amide bonds. The van der Waals surface area contributed by atoms with Crippen LogP contribution in [0.25, 0.3) is 0 Å². The first-order valence-corrected chi connectivity index (χ1v) is 8.10. The average molecular weight is 335 g/mol. The number of carbonyl (C=O) groups excluding carboxylic acids is 2. The number of pyridine rings is 1. The molecule has 0 radical (unpaired) electrons. The molecule has 3 rings (SSSR count). The highest BCUT2D eigenvalue weighted by Gasteiger charge is 2.22. The second-order valence-corrected chi connectivity index (χ2v) is 6.11. The number of fused-ring (bicyclic) bond motifs is 1. The molecule has 2 aromatic rings. The summed E-state index contributed by atoms with van der Waals surface area (Å²) in [6.45, 7) is 1.79. The molecular weight excluding hydrogens is 318 g/mol. The number of benzene rings is 1. The molecule has 0 spiro atoms. The van der Waals surface area contributed by atoms with Gasteiger partial charge in [-0.1, -0.05) is 12.1 Å². The molecule has 1 aromatic carbocycles. The van der Waals surface area contributed by atoms with Gasteiger partial charge >= 0.3 is 0 Å². The van der Waals surface area contributed by atoms with Crippen molar-refractivity contribution in [3.05, 3.63) is 68.6 Å². The topological polar surface area (TPSA) is 103 Å². The number of ketones is 1. The standard InChI is InChI=1S/C19H17N3O3/c1-11(13-7-5-12(10-20)6-8-13)21-18(24)15-9-14-16(22-19(15)25)3-2-4-17(14)23/h5-9,11H,2-4H2,1H3,(H,21,24)(H,22,25)/t11-/m1/s1. The summed E-state index contributed by atoms with van der Waals surface area (Å²) >= 11 is 0. The van der Waals surface area contributed by atoms with Gasteiger partial charge in [-0.25, -0.2) is 0 Å². The van der Waals surface area contributed by atoms with Gasteiger partial charge in [-0.05, 0) is 43.5 Å². The number of amides is 1. The number of nitrogens with one attached hydrogen (secondary N) is 2. The number of hydrogen-bond donors (Lipinski definition) is 2. The van der Waals surface area contributed by atoms with Gasteiger partial charge in [-0.2, -0.15) is 5.26 Å². The molecular formula is C19H17N3O3. The molecule has 6 heteroatoms. The molecule has 25 heavy (non-hydrogen) atoms. The van der Waals surface area contributed by atoms with Gasteiger partial charge in [0.15, 0.2) is 5.78 Å². The van der Waals surface area contributed by atoms with E-state index in [0.717, 1.165) is 5.56 Å². The van der Waals surface area contributed by atoms with Crippen molar-refractivity contribution in [1.29, 1.82) is 5.26 Å². The van der Waals surface area contributed by atoms with Crippen LogP contribution >= 0.6 is 0 Å². The number of carbonyl (C=O) groups is 2. The number of H-pyrrole nitrogens is 1. The first-order chi connectivity index (χ1) is 12.0. The minimum absolute atomic E-state index is 0.0494. The van der Waals surface area contributed by atoms with E-state index in [1.165, 1.54) is 6.07 Å². The van der Waals surface area contributed by atoms with E-state index in [2.05, 4.69) is 10.3 Å². The molecule has 0 saturated heterocycles. The fourth-order valence-electron chi connectivity index (χ4n) is 2.95. The Morgan fingerprint density at radius 1 is 1.24 bits per heavy atom. The van der Waals surface area contributed by atoms with Crippen molar-refractivity contribution in [2.45, 2.75) is 32.2 Å². The van der Waals surface area contributed by atoms with Crippen LogP contribution in [0.1, 0.15) is 63.3 Å². The van der Waals surface area contributed by atoms with E-state index >= 15 is 0 Å². The molecule has 1 heterocycles. The number of rotatable bonds is 3. The summed E-state index contributed by atoms with van der Waals surface area (Å²) in [7, 11) is 0. The number of aryl methyl sites for hydroxylation is 1. The Morgan fingerprint density at radius 2 is 1.96 bits per heavy atom. The molecule has 0 bridgehead atoms. The van der Waals surface area contributed by atoms with Crippen molar-refractivity contribution in [2.24, 2.45) is 0 Å². The smallest absolute Gasteiger partial charge is 0.261 e. The van der Waals surface area contributed by atoms with Gasteiger partial charge < -0.3 is 10.3 Å². The average Bonchev–Trinajstić information content (AvgIpc) is 2.61. The summed E-state index contributed by atoms with van der Waals surface area (Å²) < 4.78 is 0. The molecule has 126 valence electrons. The zero-order chi connectivity index (χ0) is 18.0. The molecule has 1 atom stereocenters. The van der Waals surface area contributed by atoms with Gasteiger partial charge in [-0.15, -0.1) is 0 Å². The summed E-state index contributed by atoms with van der Waals surface area (Å²) in [6.07, 6.45) is 1.78. The maximum Gasteiger partial charge on any atom is 0.261 e. The van der Waals surface area contributed by atoms with E-state index in [1.807, 2.05) is 6.07 Å². The second kappa shape index (κ2) is 6.73. The lowest BCUT2D eigenvalue weighted by Crippen LogP contribution is -2.33. The lowest BCUT2D eigenvalue weighted by Gasteiger charge is -2.17. The van der Waals surface area contributed by atoms with Gasteiger partial charge in [0.05, 0.1) is 17.7 Å². The highest BCUT2D eigenvalue weighted by Crippen LogP contribution is 2.19. The fraction of sp³-hybridized carbons (Fsp3) is 0.263. The highest BCUT2D eigenvalue weighted by molar-refractivity contribution is 6.01. The minimum atomic E-state index is -0.528. The second-order valence-electron chi connectivity index (χ2n) is 6.11. The largest absolute Gasteiger partial charge is 0.345 e. The summed E-state index contributed by atoms with van der Waals surface area (Å²) in [4.78, 5) is 39.3. The van der Waals surface area contributed by atoms with Crippen LogP contribution < -0.4 is 10.9 Å². The fourth-order valence-corrected chi connectivity index (χ4v) is 2.95. The zero-order valence-corrected chi connectivity index (χ0v) is 13.8. The lowest BCUT2D eigenvalue weighted by molar-refractivity contribution is 0.0938. The van der Waals surface area contributed by atoms with Gasteiger partial charge in [0.25, 0.3) is 11.5 Å².